The fourth-order valence-electron chi connectivity index (χ4n) is 0.953. The van der Waals surface area contributed by atoms with E-state index in [0.717, 1.165) is 12.3 Å². The average molecular weight is 248 g/mol. The van der Waals surface area contributed by atoms with Crippen molar-refractivity contribution in [2.45, 2.75) is 25.6 Å². The Morgan fingerprint density at radius 2 is 2.00 bits per heavy atom. The molecule has 0 bridgehead atoms. The van der Waals surface area contributed by atoms with Crippen LogP contribution in [0.3, 0.4) is 0 Å². The molecule has 17 heavy (non-hydrogen) atoms. The normalized spacial score (nSPS) is 12.3. The number of hydrogen-bond donors (Lipinski definition) is 1. The zero-order valence-electron chi connectivity index (χ0n) is 9.21. The van der Waals surface area contributed by atoms with Crippen molar-refractivity contribution in [3.8, 4) is 5.88 Å². The molecule has 0 aliphatic rings. The fourth-order valence-corrected chi connectivity index (χ4v) is 0.953. The molecule has 0 fully saturated rings. The standard InChI is InChI=1S/C10H11F3N2O2/c1-9(2,8(14)16)17-7-5-6(3-4-15-7)10(11,12)13/h3-5H,1-2H3,(H2,14,16). The maximum atomic E-state index is 12.4. The second-order valence-electron chi connectivity index (χ2n) is 3.86. The number of hydrogen-bond acceptors (Lipinski definition) is 3. The number of nitrogens with zero attached hydrogens (tertiary/aromatic N) is 1. The van der Waals surface area contributed by atoms with Gasteiger partial charge in [-0.2, -0.15) is 13.2 Å². The van der Waals surface area contributed by atoms with Gasteiger partial charge in [0, 0.05) is 12.3 Å². The lowest BCUT2D eigenvalue weighted by Crippen LogP contribution is -2.43. The summed E-state index contributed by atoms with van der Waals surface area (Å²) in [5.74, 6) is -1.10. The highest BCUT2D eigenvalue weighted by Gasteiger charge is 2.32. The van der Waals surface area contributed by atoms with Crippen molar-refractivity contribution < 1.29 is 22.7 Å². The van der Waals surface area contributed by atoms with Crippen molar-refractivity contribution >= 4 is 5.91 Å². The van der Waals surface area contributed by atoms with Gasteiger partial charge < -0.3 is 10.5 Å². The Balaban J connectivity index is 2.98. The third-order valence-corrected chi connectivity index (χ3v) is 2.02. The van der Waals surface area contributed by atoms with Gasteiger partial charge >= 0.3 is 6.18 Å². The van der Waals surface area contributed by atoms with E-state index < -0.39 is 23.2 Å². The van der Waals surface area contributed by atoms with Gasteiger partial charge in [-0.15, -0.1) is 0 Å². The van der Waals surface area contributed by atoms with E-state index in [-0.39, 0.29) is 5.88 Å². The molecule has 0 aromatic carbocycles. The van der Waals surface area contributed by atoms with Crippen LogP contribution in [-0.2, 0) is 11.0 Å². The quantitative estimate of drug-likeness (QED) is 0.886. The number of rotatable bonds is 3. The average Bonchev–Trinajstić information content (AvgIpc) is 2.15. The van der Waals surface area contributed by atoms with E-state index in [1.165, 1.54) is 13.8 Å². The molecule has 0 spiro atoms. The van der Waals surface area contributed by atoms with Crippen molar-refractivity contribution in [2.75, 3.05) is 0 Å². The van der Waals surface area contributed by atoms with Crippen molar-refractivity contribution in [3.05, 3.63) is 23.9 Å². The summed E-state index contributed by atoms with van der Waals surface area (Å²) in [6, 6.07) is 1.52. The molecule has 0 aliphatic carbocycles. The van der Waals surface area contributed by atoms with Crippen molar-refractivity contribution in [1.82, 2.24) is 4.98 Å². The summed E-state index contributed by atoms with van der Waals surface area (Å²) in [7, 11) is 0. The predicted octanol–water partition coefficient (Wildman–Crippen LogP) is 1.74. The summed E-state index contributed by atoms with van der Waals surface area (Å²) in [6.45, 7) is 2.69. The SMILES string of the molecule is CC(C)(Oc1cc(C(F)(F)F)ccn1)C(N)=O. The minimum Gasteiger partial charge on any atom is -0.462 e. The third-order valence-electron chi connectivity index (χ3n) is 2.02. The smallest absolute Gasteiger partial charge is 0.416 e. The Morgan fingerprint density at radius 3 is 2.47 bits per heavy atom. The van der Waals surface area contributed by atoms with Gasteiger partial charge in [-0.1, -0.05) is 0 Å². The highest BCUT2D eigenvalue weighted by Crippen LogP contribution is 2.31. The lowest BCUT2D eigenvalue weighted by Gasteiger charge is -2.22. The molecule has 7 heteroatoms. The van der Waals surface area contributed by atoms with E-state index in [0.29, 0.717) is 6.07 Å². The molecule has 0 radical (unpaired) electrons. The molecular weight excluding hydrogens is 237 g/mol. The van der Waals surface area contributed by atoms with Crippen LogP contribution >= 0.6 is 0 Å². The summed E-state index contributed by atoms with van der Waals surface area (Å²) >= 11 is 0. The van der Waals surface area contributed by atoms with Crippen molar-refractivity contribution in [2.24, 2.45) is 5.73 Å². The first-order chi connectivity index (χ1) is 7.63. The van der Waals surface area contributed by atoms with E-state index in [9.17, 15) is 18.0 Å². The topological polar surface area (TPSA) is 65.2 Å². The first-order valence-electron chi connectivity index (χ1n) is 4.65. The van der Waals surface area contributed by atoms with Crippen LogP contribution < -0.4 is 10.5 Å². The second kappa shape index (κ2) is 4.23. The summed E-state index contributed by atoms with van der Waals surface area (Å²) < 4.78 is 42.2. The second-order valence-corrected chi connectivity index (χ2v) is 3.86. The van der Waals surface area contributed by atoms with E-state index in [1.54, 1.807) is 0 Å². The third kappa shape index (κ3) is 3.33. The Hall–Kier alpha value is -1.79. The summed E-state index contributed by atoms with van der Waals surface area (Å²) in [6.07, 6.45) is -3.53. The molecule has 2 N–H and O–H groups in total. The highest BCUT2D eigenvalue weighted by molar-refractivity contribution is 5.82. The maximum absolute atomic E-state index is 12.4. The van der Waals surface area contributed by atoms with E-state index in [4.69, 9.17) is 10.5 Å². The summed E-state index contributed by atoms with van der Waals surface area (Å²) in [5.41, 5.74) is 2.71. The Labute approximate surface area is 95.6 Å². The molecule has 4 nitrogen and oxygen atoms in total. The Kier molecular flexibility index (Phi) is 3.30. The van der Waals surface area contributed by atoms with E-state index >= 15 is 0 Å². The molecule has 1 rings (SSSR count). The maximum Gasteiger partial charge on any atom is 0.416 e. The lowest BCUT2D eigenvalue weighted by molar-refractivity contribution is -0.137. The number of carbonyl (C=O) groups excluding carboxylic acids is 1. The van der Waals surface area contributed by atoms with Crippen LogP contribution in [0.15, 0.2) is 18.3 Å². The molecule has 1 aromatic rings. The number of pyridine rings is 1. The number of nitrogens with two attached hydrogens (primary N) is 1. The Bertz CT molecular complexity index is 430. The minimum absolute atomic E-state index is 0.302. The number of amides is 1. The van der Waals surface area contributed by atoms with Gasteiger partial charge in [0.05, 0.1) is 5.56 Å². The minimum atomic E-state index is -4.49. The molecule has 1 aromatic heterocycles. The molecular formula is C10H11F3N2O2. The fraction of sp³-hybridized carbons (Fsp3) is 0.400. The molecule has 0 saturated heterocycles. The number of primary amides is 1. The van der Waals surface area contributed by atoms with Crippen LogP contribution in [-0.4, -0.2) is 16.5 Å². The van der Waals surface area contributed by atoms with Crippen molar-refractivity contribution in [1.29, 1.82) is 0 Å². The van der Waals surface area contributed by atoms with Gasteiger partial charge in [-0.05, 0) is 19.9 Å². The van der Waals surface area contributed by atoms with Crippen LogP contribution in [0, 0.1) is 0 Å². The monoisotopic (exact) mass is 248 g/mol. The van der Waals surface area contributed by atoms with Crippen molar-refractivity contribution in [3.63, 3.8) is 0 Å². The zero-order valence-corrected chi connectivity index (χ0v) is 9.21. The Morgan fingerprint density at radius 1 is 1.41 bits per heavy atom. The lowest BCUT2D eigenvalue weighted by atomic mass is 10.1. The van der Waals surface area contributed by atoms with Crippen LogP contribution in [0.5, 0.6) is 5.88 Å². The number of carbonyl (C=O) groups is 1. The molecule has 1 heterocycles. The van der Waals surface area contributed by atoms with E-state index in [1.807, 2.05) is 0 Å². The first-order valence-corrected chi connectivity index (χ1v) is 4.65. The number of ether oxygens (including phenoxy) is 1. The molecule has 0 saturated carbocycles. The van der Waals surface area contributed by atoms with Gasteiger partial charge in [0.2, 0.25) is 5.88 Å². The molecule has 0 aliphatic heterocycles. The van der Waals surface area contributed by atoms with Gasteiger partial charge in [0.25, 0.3) is 5.91 Å². The van der Waals surface area contributed by atoms with E-state index in [2.05, 4.69) is 4.98 Å². The van der Waals surface area contributed by atoms with Gasteiger partial charge in [-0.25, -0.2) is 4.98 Å². The van der Waals surface area contributed by atoms with Gasteiger partial charge in [0.15, 0.2) is 5.60 Å². The molecule has 0 unspecified atom stereocenters. The molecule has 94 valence electrons. The van der Waals surface area contributed by atoms with Gasteiger partial charge in [0.1, 0.15) is 0 Å². The van der Waals surface area contributed by atoms with Crippen LogP contribution in [0.4, 0.5) is 13.2 Å². The summed E-state index contributed by atoms with van der Waals surface area (Å²) in [5, 5.41) is 0. The number of aromatic nitrogens is 1. The zero-order chi connectivity index (χ0) is 13.3. The number of halogens is 3. The molecule has 0 atom stereocenters. The first kappa shape index (κ1) is 13.3. The van der Waals surface area contributed by atoms with Crippen LogP contribution in [0.2, 0.25) is 0 Å². The van der Waals surface area contributed by atoms with Crippen LogP contribution in [0.1, 0.15) is 19.4 Å². The largest absolute Gasteiger partial charge is 0.462 e. The molecule has 1 amide bonds. The highest BCUT2D eigenvalue weighted by atomic mass is 19.4. The van der Waals surface area contributed by atoms with Crippen LogP contribution in [0.25, 0.3) is 0 Å². The summed E-state index contributed by atoms with van der Waals surface area (Å²) in [4.78, 5) is 14.5. The van der Waals surface area contributed by atoms with Gasteiger partial charge in [-0.3, -0.25) is 4.79 Å². The predicted molar refractivity (Wildman–Crippen MR) is 53.1 cm³/mol. The number of alkyl halides is 3.